The molecule has 1 aromatic carbocycles. The summed E-state index contributed by atoms with van der Waals surface area (Å²) >= 11 is 0. The van der Waals surface area contributed by atoms with Crippen LogP contribution in [-0.2, 0) is 6.18 Å². The highest BCUT2D eigenvalue weighted by Gasteiger charge is 2.32. The Balaban J connectivity index is 2.53. The van der Waals surface area contributed by atoms with Crippen molar-refractivity contribution in [2.75, 3.05) is 25.0 Å². The Morgan fingerprint density at radius 1 is 1.06 bits per heavy atom. The zero-order valence-electron chi connectivity index (χ0n) is 9.77. The van der Waals surface area contributed by atoms with Gasteiger partial charge in [0.1, 0.15) is 0 Å². The third kappa shape index (κ3) is 4.65. The molecule has 0 atom stereocenters. The second-order valence-electron chi connectivity index (χ2n) is 3.72. The molecule has 96 valence electrons. The van der Waals surface area contributed by atoms with E-state index in [-0.39, 0.29) is 5.69 Å². The monoisotopic (exact) mass is 246 g/mol. The third-order valence-electron chi connectivity index (χ3n) is 2.28. The average molecular weight is 246 g/mol. The minimum Gasteiger partial charge on any atom is -0.383 e. The lowest BCUT2D eigenvalue weighted by molar-refractivity contribution is -0.136. The summed E-state index contributed by atoms with van der Waals surface area (Å²) in [6.07, 6.45) is -3.29. The second-order valence-corrected chi connectivity index (χ2v) is 3.72. The summed E-state index contributed by atoms with van der Waals surface area (Å²) in [5.41, 5.74) is -0.478. The highest BCUT2D eigenvalue weighted by molar-refractivity contribution is 5.52. The molecule has 0 spiro atoms. The van der Waals surface area contributed by atoms with Crippen LogP contribution in [0.15, 0.2) is 24.3 Å². The molecule has 0 fully saturated rings. The summed E-state index contributed by atoms with van der Waals surface area (Å²) in [6, 6.07) is 5.52. The Labute approximate surface area is 99.2 Å². The lowest BCUT2D eigenvalue weighted by Crippen LogP contribution is -2.23. The maximum atomic E-state index is 12.6. The zero-order valence-corrected chi connectivity index (χ0v) is 9.77. The Morgan fingerprint density at radius 3 is 2.41 bits per heavy atom. The van der Waals surface area contributed by atoms with Gasteiger partial charge in [-0.05, 0) is 25.1 Å². The SMILES string of the molecule is CCCNCCNc1ccccc1C(F)(F)F. The molecule has 0 aromatic heterocycles. The van der Waals surface area contributed by atoms with Crippen LogP contribution in [0.5, 0.6) is 0 Å². The molecule has 0 amide bonds. The number of alkyl halides is 3. The smallest absolute Gasteiger partial charge is 0.383 e. The van der Waals surface area contributed by atoms with Gasteiger partial charge in [0.25, 0.3) is 0 Å². The van der Waals surface area contributed by atoms with Crippen LogP contribution in [0.25, 0.3) is 0 Å². The van der Waals surface area contributed by atoms with E-state index in [1.165, 1.54) is 12.1 Å². The van der Waals surface area contributed by atoms with Gasteiger partial charge in [-0.3, -0.25) is 0 Å². The summed E-state index contributed by atoms with van der Waals surface area (Å²) in [6.45, 7) is 4.05. The van der Waals surface area contributed by atoms with Crippen LogP contribution >= 0.6 is 0 Å². The van der Waals surface area contributed by atoms with E-state index in [4.69, 9.17) is 0 Å². The fraction of sp³-hybridized carbons (Fsp3) is 0.500. The minimum atomic E-state index is -4.31. The van der Waals surface area contributed by atoms with Crippen LogP contribution in [0.3, 0.4) is 0 Å². The zero-order chi connectivity index (χ0) is 12.7. The van der Waals surface area contributed by atoms with Gasteiger partial charge in [0.2, 0.25) is 0 Å². The number of nitrogens with one attached hydrogen (secondary N) is 2. The van der Waals surface area contributed by atoms with Gasteiger partial charge in [0.15, 0.2) is 0 Å². The molecule has 0 heterocycles. The van der Waals surface area contributed by atoms with E-state index in [0.29, 0.717) is 13.1 Å². The predicted molar refractivity (Wildman–Crippen MR) is 63.1 cm³/mol. The Bertz CT molecular complexity index is 337. The van der Waals surface area contributed by atoms with Gasteiger partial charge in [-0.1, -0.05) is 19.1 Å². The molecule has 5 heteroatoms. The van der Waals surface area contributed by atoms with Crippen LogP contribution in [0.2, 0.25) is 0 Å². The van der Waals surface area contributed by atoms with Gasteiger partial charge in [-0.2, -0.15) is 13.2 Å². The average Bonchev–Trinajstić information content (AvgIpc) is 2.28. The number of anilines is 1. The van der Waals surface area contributed by atoms with Crippen molar-refractivity contribution in [2.24, 2.45) is 0 Å². The quantitative estimate of drug-likeness (QED) is 0.754. The Hall–Kier alpha value is -1.23. The Kier molecular flexibility index (Phi) is 5.28. The van der Waals surface area contributed by atoms with Crippen LogP contribution in [0.4, 0.5) is 18.9 Å². The number of rotatable bonds is 6. The van der Waals surface area contributed by atoms with E-state index in [0.717, 1.165) is 19.0 Å². The molecule has 0 unspecified atom stereocenters. The van der Waals surface area contributed by atoms with Crippen molar-refractivity contribution in [2.45, 2.75) is 19.5 Å². The van der Waals surface area contributed by atoms with Crippen molar-refractivity contribution < 1.29 is 13.2 Å². The standard InChI is InChI=1S/C12H17F3N2/c1-2-7-16-8-9-17-11-6-4-3-5-10(11)12(13,14)15/h3-6,16-17H,2,7-9H2,1H3. The minimum absolute atomic E-state index is 0.137. The van der Waals surface area contributed by atoms with E-state index in [2.05, 4.69) is 10.6 Å². The summed E-state index contributed by atoms with van der Waals surface area (Å²) in [5, 5.41) is 5.92. The first-order valence-corrected chi connectivity index (χ1v) is 5.66. The largest absolute Gasteiger partial charge is 0.418 e. The summed E-state index contributed by atoms with van der Waals surface area (Å²) < 4.78 is 37.9. The number of hydrogen-bond acceptors (Lipinski definition) is 2. The molecule has 0 bridgehead atoms. The van der Waals surface area contributed by atoms with Crippen molar-refractivity contribution in [3.8, 4) is 0 Å². The van der Waals surface area contributed by atoms with E-state index in [1.807, 2.05) is 6.92 Å². The first-order valence-electron chi connectivity index (χ1n) is 5.66. The van der Waals surface area contributed by atoms with Crippen LogP contribution in [0.1, 0.15) is 18.9 Å². The first kappa shape index (κ1) is 13.8. The van der Waals surface area contributed by atoms with Crippen molar-refractivity contribution in [1.82, 2.24) is 5.32 Å². The van der Waals surface area contributed by atoms with Gasteiger partial charge >= 0.3 is 6.18 Å². The third-order valence-corrected chi connectivity index (χ3v) is 2.28. The highest BCUT2D eigenvalue weighted by Crippen LogP contribution is 2.34. The molecule has 1 aromatic rings. The van der Waals surface area contributed by atoms with Crippen LogP contribution < -0.4 is 10.6 Å². The molecule has 0 radical (unpaired) electrons. The maximum Gasteiger partial charge on any atom is 0.418 e. The summed E-state index contributed by atoms with van der Waals surface area (Å²) in [7, 11) is 0. The summed E-state index contributed by atoms with van der Waals surface area (Å²) in [5.74, 6) is 0. The molecule has 2 nitrogen and oxygen atoms in total. The molecule has 0 aliphatic rings. The molecule has 2 N–H and O–H groups in total. The summed E-state index contributed by atoms with van der Waals surface area (Å²) in [4.78, 5) is 0. The van der Waals surface area contributed by atoms with Gasteiger partial charge in [0, 0.05) is 18.8 Å². The fourth-order valence-electron chi connectivity index (χ4n) is 1.47. The first-order chi connectivity index (χ1) is 8.05. The molecule has 0 saturated heterocycles. The van der Waals surface area contributed by atoms with E-state index < -0.39 is 11.7 Å². The van der Waals surface area contributed by atoms with E-state index in [9.17, 15) is 13.2 Å². The Morgan fingerprint density at radius 2 is 1.76 bits per heavy atom. The molecule has 0 aliphatic heterocycles. The maximum absolute atomic E-state index is 12.6. The van der Waals surface area contributed by atoms with Crippen molar-refractivity contribution in [1.29, 1.82) is 0 Å². The van der Waals surface area contributed by atoms with Gasteiger partial charge in [-0.25, -0.2) is 0 Å². The van der Waals surface area contributed by atoms with Crippen LogP contribution in [0, 0.1) is 0 Å². The van der Waals surface area contributed by atoms with Crippen molar-refractivity contribution in [3.05, 3.63) is 29.8 Å². The molecule has 17 heavy (non-hydrogen) atoms. The van der Waals surface area contributed by atoms with E-state index >= 15 is 0 Å². The topological polar surface area (TPSA) is 24.1 Å². The lowest BCUT2D eigenvalue weighted by Gasteiger charge is -2.14. The molecule has 0 aliphatic carbocycles. The number of benzene rings is 1. The molecular formula is C12H17F3N2. The molecule has 1 rings (SSSR count). The molecular weight excluding hydrogens is 229 g/mol. The van der Waals surface area contributed by atoms with Crippen molar-refractivity contribution >= 4 is 5.69 Å². The lowest BCUT2D eigenvalue weighted by atomic mass is 10.1. The predicted octanol–water partition coefficient (Wildman–Crippen LogP) is 3.12. The van der Waals surface area contributed by atoms with Gasteiger partial charge in [0.05, 0.1) is 5.56 Å². The van der Waals surface area contributed by atoms with Gasteiger partial charge < -0.3 is 10.6 Å². The van der Waals surface area contributed by atoms with Crippen LogP contribution in [-0.4, -0.2) is 19.6 Å². The highest BCUT2D eigenvalue weighted by atomic mass is 19.4. The van der Waals surface area contributed by atoms with Gasteiger partial charge in [-0.15, -0.1) is 0 Å². The number of para-hydroxylation sites is 1. The van der Waals surface area contributed by atoms with E-state index in [1.54, 1.807) is 6.07 Å². The number of hydrogen-bond donors (Lipinski definition) is 2. The van der Waals surface area contributed by atoms with Crippen molar-refractivity contribution in [3.63, 3.8) is 0 Å². The normalized spacial score (nSPS) is 11.5. The molecule has 0 saturated carbocycles. The number of halogens is 3. The fourth-order valence-corrected chi connectivity index (χ4v) is 1.47. The second kappa shape index (κ2) is 6.49.